The Balaban J connectivity index is 2.13. The van der Waals surface area contributed by atoms with Gasteiger partial charge in [-0.25, -0.2) is 9.97 Å². The molecule has 0 bridgehead atoms. The van der Waals surface area contributed by atoms with E-state index < -0.39 is 0 Å². The second kappa shape index (κ2) is 5.64. The third-order valence-electron chi connectivity index (χ3n) is 3.00. The van der Waals surface area contributed by atoms with Gasteiger partial charge in [-0.1, -0.05) is 0 Å². The molecule has 94 valence electrons. The Bertz CT molecular complexity index is 388. The van der Waals surface area contributed by atoms with Crippen molar-refractivity contribution in [3.63, 3.8) is 0 Å². The molecule has 1 unspecified atom stereocenters. The topological polar surface area (TPSA) is 50.3 Å². The highest BCUT2D eigenvalue weighted by atomic mass is 79.9. The molecule has 1 aliphatic rings. The van der Waals surface area contributed by atoms with E-state index >= 15 is 0 Å². The molecule has 0 aromatic carbocycles. The molecule has 0 radical (unpaired) electrons. The van der Waals surface area contributed by atoms with Crippen LogP contribution in [0.15, 0.2) is 10.8 Å². The molecule has 0 aliphatic carbocycles. The smallest absolute Gasteiger partial charge is 0.148 e. The first kappa shape index (κ1) is 12.6. The third-order valence-corrected chi connectivity index (χ3v) is 3.73. The molecule has 2 heterocycles. The zero-order valence-electron chi connectivity index (χ0n) is 10.1. The standard InChI is InChI=1S/C11H17BrN4O/c1-13-10-9(12)11(15-7-14-10)16-4-3-8(5-16)6-17-2/h7-8H,3-6H2,1-2H3,(H,13,14,15). The van der Waals surface area contributed by atoms with E-state index in [1.165, 1.54) is 0 Å². The number of anilines is 2. The van der Waals surface area contributed by atoms with Crippen molar-refractivity contribution in [2.45, 2.75) is 6.42 Å². The van der Waals surface area contributed by atoms with Gasteiger partial charge in [0.15, 0.2) is 0 Å². The van der Waals surface area contributed by atoms with Gasteiger partial charge in [0.05, 0.1) is 6.61 Å². The number of hydrogen-bond acceptors (Lipinski definition) is 5. The zero-order chi connectivity index (χ0) is 12.3. The molecule has 1 aromatic rings. The van der Waals surface area contributed by atoms with Gasteiger partial charge in [-0.2, -0.15) is 0 Å². The van der Waals surface area contributed by atoms with Crippen molar-refractivity contribution < 1.29 is 4.74 Å². The van der Waals surface area contributed by atoms with Crippen molar-refractivity contribution >= 4 is 27.6 Å². The Morgan fingerprint density at radius 1 is 1.59 bits per heavy atom. The van der Waals surface area contributed by atoms with Crippen LogP contribution in [0.4, 0.5) is 11.6 Å². The summed E-state index contributed by atoms with van der Waals surface area (Å²) >= 11 is 3.55. The lowest BCUT2D eigenvalue weighted by Crippen LogP contribution is -2.22. The van der Waals surface area contributed by atoms with Gasteiger partial charge in [0, 0.05) is 33.2 Å². The predicted molar refractivity (Wildman–Crippen MR) is 71.5 cm³/mol. The van der Waals surface area contributed by atoms with Gasteiger partial charge in [-0.05, 0) is 22.4 Å². The molecule has 1 aromatic heterocycles. The lowest BCUT2D eigenvalue weighted by molar-refractivity contribution is 0.161. The Morgan fingerprint density at radius 3 is 3.12 bits per heavy atom. The van der Waals surface area contributed by atoms with Crippen molar-refractivity contribution in [1.82, 2.24) is 9.97 Å². The van der Waals surface area contributed by atoms with E-state index in [-0.39, 0.29) is 0 Å². The van der Waals surface area contributed by atoms with Crippen LogP contribution in [0.1, 0.15) is 6.42 Å². The van der Waals surface area contributed by atoms with Gasteiger partial charge in [-0.15, -0.1) is 0 Å². The normalized spacial score (nSPS) is 19.7. The van der Waals surface area contributed by atoms with Crippen molar-refractivity contribution in [2.24, 2.45) is 5.92 Å². The van der Waals surface area contributed by atoms with E-state index in [1.54, 1.807) is 13.4 Å². The van der Waals surface area contributed by atoms with Gasteiger partial charge in [0.1, 0.15) is 22.4 Å². The first-order chi connectivity index (χ1) is 8.26. The largest absolute Gasteiger partial charge is 0.384 e. The monoisotopic (exact) mass is 300 g/mol. The van der Waals surface area contributed by atoms with E-state index in [1.807, 2.05) is 7.05 Å². The van der Waals surface area contributed by atoms with E-state index in [9.17, 15) is 0 Å². The number of methoxy groups -OCH3 is 1. The van der Waals surface area contributed by atoms with Crippen LogP contribution in [0, 0.1) is 5.92 Å². The van der Waals surface area contributed by atoms with E-state index in [0.29, 0.717) is 5.92 Å². The molecule has 1 atom stereocenters. The summed E-state index contributed by atoms with van der Waals surface area (Å²) < 4.78 is 6.13. The molecule has 2 rings (SSSR count). The number of nitrogens with one attached hydrogen (secondary N) is 1. The molecule has 6 heteroatoms. The minimum atomic E-state index is 0.597. The van der Waals surface area contributed by atoms with Gasteiger partial charge >= 0.3 is 0 Å². The van der Waals surface area contributed by atoms with Gasteiger partial charge < -0.3 is 15.0 Å². The summed E-state index contributed by atoms with van der Waals surface area (Å²) in [5.41, 5.74) is 0. The van der Waals surface area contributed by atoms with Crippen LogP contribution in [0.25, 0.3) is 0 Å². The number of ether oxygens (including phenoxy) is 1. The van der Waals surface area contributed by atoms with Crippen molar-refractivity contribution in [3.05, 3.63) is 10.8 Å². The highest BCUT2D eigenvalue weighted by molar-refractivity contribution is 9.10. The van der Waals surface area contributed by atoms with Gasteiger partial charge in [-0.3, -0.25) is 0 Å². The molecule has 0 saturated carbocycles. The average Bonchev–Trinajstić information content (AvgIpc) is 2.78. The van der Waals surface area contributed by atoms with Crippen LogP contribution in [-0.4, -0.2) is 43.8 Å². The van der Waals surface area contributed by atoms with Crippen molar-refractivity contribution in [2.75, 3.05) is 44.1 Å². The molecule has 1 N–H and O–H groups in total. The van der Waals surface area contributed by atoms with Crippen LogP contribution in [0.5, 0.6) is 0 Å². The average molecular weight is 301 g/mol. The first-order valence-electron chi connectivity index (χ1n) is 5.68. The fraction of sp³-hybridized carbons (Fsp3) is 0.636. The number of aromatic nitrogens is 2. The second-order valence-electron chi connectivity index (χ2n) is 4.17. The minimum Gasteiger partial charge on any atom is -0.384 e. The Kier molecular flexibility index (Phi) is 4.17. The lowest BCUT2D eigenvalue weighted by Gasteiger charge is -2.19. The molecule has 5 nitrogen and oxygen atoms in total. The van der Waals surface area contributed by atoms with E-state index in [2.05, 4.69) is 36.1 Å². The number of nitrogens with zero attached hydrogens (tertiary/aromatic N) is 3. The van der Waals surface area contributed by atoms with Crippen LogP contribution in [0.2, 0.25) is 0 Å². The maximum absolute atomic E-state index is 5.20. The number of rotatable bonds is 4. The van der Waals surface area contributed by atoms with Gasteiger partial charge in [0.2, 0.25) is 0 Å². The fourth-order valence-corrected chi connectivity index (χ4v) is 2.81. The van der Waals surface area contributed by atoms with Crippen LogP contribution < -0.4 is 10.2 Å². The predicted octanol–water partition coefficient (Wildman–Crippen LogP) is 1.75. The molecule has 0 spiro atoms. The minimum absolute atomic E-state index is 0.597. The molecular weight excluding hydrogens is 284 g/mol. The molecule has 17 heavy (non-hydrogen) atoms. The Hall–Kier alpha value is -0.880. The number of hydrogen-bond donors (Lipinski definition) is 1. The van der Waals surface area contributed by atoms with Gasteiger partial charge in [0.25, 0.3) is 0 Å². The number of halogens is 1. The summed E-state index contributed by atoms with van der Waals surface area (Å²) in [4.78, 5) is 10.8. The third kappa shape index (κ3) is 2.69. The molecule has 1 saturated heterocycles. The SMILES string of the molecule is CNc1ncnc(N2CCC(COC)C2)c1Br. The van der Waals surface area contributed by atoms with Crippen molar-refractivity contribution in [1.29, 1.82) is 0 Å². The zero-order valence-corrected chi connectivity index (χ0v) is 11.7. The summed E-state index contributed by atoms with van der Waals surface area (Å²) in [6, 6.07) is 0. The molecule has 1 fully saturated rings. The van der Waals surface area contributed by atoms with E-state index in [0.717, 1.165) is 42.2 Å². The summed E-state index contributed by atoms with van der Waals surface area (Å²) in [6.45, 7) is 2.83. The fourth-order valence-electron chi connectivity index (χ4n) is 2.15. The first-order valence-corrected chi connectivity index (χ1v) is 6.47. The quantitative estimate of drug-likeness (QED) is 0.918. The Labute approximate surface area is 110 Å². The highest BCUT2D eigenvalue weighted by Gasteiger charge is 2.25. The maximum Gasteiger partial charge on any atom is 0.148 e. The summed E-state index contributed by atoms with van der Waals surface area (Å²) in [7, 11) is 3.61. The second-order valence-corrected chi connectivity index (χ2v) is 4.96. The van der Waals surface area contributed by atoms with Crippen molar-refractivity contribution in [3.8, 4) is 0 Å². The Morgan fingerprint density at radius 2 is 2.41 bits per heavy atom. The molecule has 0 amide bonds. The lowest BCUT2D eigenvalue weighted by atomic mass is 10.1. The van der Waals surface area contributed by atoms with E-state index in [4.69, 9.17) is 4.74 Å². The summed E-state index contributed by atoms with van der Waals surface area (Å²) in [5, 5.41) is 3.05. The van der Waals surface area contributed by atoms with Crippen LogP contribution in [-0.2, 0) is 4.74 Å². The van der Waals surface area contributed by atoms with Crippen LogP contribution in [0.3, 0.4) is 0 Å². The molecular formula is C11H17BrN4O. The molecule has 1 aliphatic heterocycles. The van der Waals surface area contributed by atoms with Crippen LogP contribution >= 0.6 is 15.9 Å². The highest BCUT2D eigenvalue weighted by Crippen LogP contribution is 2.32. The summed E-state index contributed by atoms with van der Waals surface area (Å²) in [5.74, 6) is 2.38. The summed E-state index contributed by atoms with van der Waals surface area (Å²) in [6.07, 6.45) is 2.74. The maximum atomic E-state index is 5.20.